The van der Waals surface area contributed by atoms with Crippen LogP contribution < -0.4 is 5.32 Å². The average molecular weight is 271 g/mol. The van der Waals surface area contributed by atoms with Crippen LogP contribution in [0.3, 0.4) is 0 Å². The highest BCUT2D eigenvalue weighted by atomic mass is 16.2. The number of nitrogens with one attached hydrogen (secondary N) is 1. The van der Waals surface area contributed by atoms with Crippen LogP contribution in [0.5, 0.6) is 0 Å². The highest BCUT2D eigenvalue weighted by Gasteiger charge is 2.35. The lowest BCUT2D eigenvalue weighted by molar-refractivity contribution is -0.133. The zero-order chi connectivity index (χ0) is 13.5. The van der Waals surface area contributed by atoms with E-state index >= 15 is 0 Å². The first-order valence-electron chi connectivity index (χ1n) is 7.68. The van der Waals surface area contributed by atoms with Crippen molar-refractivity contribution in [2.24, 2.45) is 0 Å². The van der Waals surface area contributed by atoms with Gasteiger partial charge in [-0.15, -0.1) is 0 Å². The summed E-state index contributed by atoms with van der Waals surface area (Å²) in [6.45, 7) is 3.89. The van der Waals surface area contributed by atoms with Gasteiger partial charge >= 0.3 is 0 Å². The van der Waals surface area contributed by atoms with Gasteiger partial charge in [-0.1, -0.05) is 18.2 Å². The summed E-state index contributed by atoms with van der Waals surface area (Å²) in [6.07, 6.45) is 3.54. The van der Waals surface area contributed by atoms with Crippen molar-refractivity contribution in [3.8, 4) is 0 Å². The molecule has 2 fully saturated rings. The van der Waals surface area contributed by atoms with Crippen molar-refractivity contribution in [2.45, 2.75) is 31.3 Å². The van der Waals surface area contributed by atoms with Crippen molar-refractivity contribution in [3.63, 3.8) is 0 Å². The highest BCUT2D eigenvalue weighted by molar-refractivity contribution is 5.87. The molecule has 2 aliphatic heterocycles. The fraction of sp³-hybridized carbons (Fsp3) is 0.562. The predicted molar refractivity (Wildman–Crippen MR) is 78.7 cm³/mol. The molecule has 4 heteroatoms. The Morgan fingerprint density at radius 2 is 1.85 bits per heavy atom. The zero-order valence-electron chi connectivity index (χ0n) is 11.7. The Hall–Kier alpha value is -1.55. The van der Waals surface area contributed by atoms with E-state index in [-0.39, 0.29) is 11.9 Å². The maximum atomic E-state index is 12.6. The van der Waals surface area contributed by atoms with E-state index in [1.807, 2.05) is 17.0 Å². The van der Waals surface area contributed by atoms with Crippen molar-refractivity contribution < 1.29 is 4.79 Å². The normalized spacial score (nSPS) is 26.2. The van der Waals surface area contributed by atoms with Crippen molar-refractivity contribution in [1.29, 1.82) is 0 Å². The molecule has 1 atom stereocenters. The van der Waals surface area contributed by atoms with Crippen LogP contribution in [0.25, 0.3) is 0 Å². The third-order valence-corrected chi connectivity index (χ3v) is 4.76. The van der Waals surface area contributed by atoms with E-state index in [1.165, 1.54) is 18.4 Å². The summed E-state index contributed by atoms with van der Waals surface area (Å²) in [4.78, 5) is 17.2. The summed E-state index contributed by atoms with van der Waals surface area (Å²) < 4.78 is 0. The third-order valence-electron chi connectivity index (χ3n) is 4.76. The number of hydrogen-bond donors (Lipinski definition) is 1. The molecule has 1 saturated carbocycles. The molecule has 0 radical (unpaired) electrons. The van der Waals surface area contributed by atoms with Gasteiger partial charge in [-0.2, -0.15) is 0 Å². The molecule has 1 aromatic carbocycles. The minimum atomic E-state index is -0.0557. The summed E-state index contributed by atoms with van der Waals surface area (Å²) in [6, 6.07) is 9.00. The average Bonchev–Trinajstić information content (AvgIpc) is 3.25. The number of carbonyl (C=O) groups excluding carboxylic acids is 1. The van der Waals surface area contributed by atoms with Crippen LogP contribution in [0.4, 0.5) is 5.69 Å². The summed E-state index contributed by atoms with van der Waals surface area (Å²) in [7, 11) is 0. The predicted octanol–water partition coefficient (Wildman–Crippen LogP) is 1.33. The van der Waals surface area contributed by atoms with Crippen LogP contribution in [0.1, 0.15) is 18.4 Å². The Bertz CT molecular complexity index is 493. The van der Waals surface area contributed by atoms with Crippen molar-refractivity contribution >= 4 is 11.6 Å². The minimum Gasteiger partial charge on any atom is -0.373 e. The molecule has 20 heavy (non-hydrogen) atoms. The van der Waals surface area contributed by atoms with Gasteiger partial charge in [-0.05, 0) is 24.5 Å². The van der Waals surface area contributed by atoms with Gasteiger partial charge in [0.1, 0.15) is 6.04 Å². The Labute approximate surface area is 119 Å². The van der Waals surface area contributed by atoms with E-state index in [1.54, 1.807) is 0 Å². The van der Waals surface area contributed by atoms with E-state index in [9.17, 15) is 4.79 Å². The number of amides is 1. The number of rotatable bonds is 2. The monoisotopic (exact) mass is 271 g/mol. The summed E-state index contributed by atoms with van der Waals surface area (Å²) >= 11 is 0. The molecule has 1 aliphatic carbocycles. The molecule has 1 N–H and O–H groups in total. The van der Waals surface area contributed by atoms with Gasteiger partial charge < -0.3 is 10.2 Å². The van der Waals surface area contributed by atoms with Crippen molar-refractivity contribution in [2.75, 3.05) is 31.5 Å². The number of para-hydroxylation sites is 1. The maximum Gasteiger partial charge on any atom is 0.245 e. The van der Waals surface area contributed by atoms with Crippen LogP contribution >= 0.6 is 0 Å². The number of hydrogen-bond acceptors (Lipinski definition) is 3. The maximum absolute atomic E-state index is 12.6. The lowest BCUT2D eigenvalue weighted by Crippen LogP contribution is -2.52. The molecular formula is C16H21N3O. The fourth-order valence-electron chi connectivity index (χ4n) is 3.41. The largest absolute Gasteiger partial charge is 0.373 e. The quantitative estimate of drug-likeness (QED) is 0.881. The molecule has 4 nitrogen and oxygen atoms in total. The third kappa shape index (κ3) is 2.18. The Balaban J connectivity index is 1.37. The zero-order valence-corrected chi connectivity index (χ0v) is 11.7. The van der Waals surface area contributed by atoms with E-state index in [0.29, 0.717) is 0 Å². The molecule has 4 rings (SSSR count). The lowest BCUT2D eigenvalue weighted by Gasteiger charge is -2.36. The fourth-order valence-corrected chi connectivity index (χ4v) is 3.41. The first-order chi connectivity index (χ1) is 9.81. The second-order valence-corrected chi connectivity index (χ2v) is 6.15. The van der Waals surface area contributed by atoms with E-state index < -0.39 is 0 Å². The Kier molecular flexibility index (Phi) is 2.91. The van der Waals surface area contributed by atoms with E-state index in [0.717, 1.165) is 44.3 Å². The van der Waals surface area contributed by atoms with E-state index in [4.69, 9.17) is 0 Å². The molecule has 0 spiro atoms. The summed E-state index contributed by atoms with van der Waals surface area (Å²) in [5.74, 6) is 0.275. The number of fused-ring (bicyclic) bond motifs is 1. The summed E-state index contributed by atoms with van der Waals surface area (Å²) in [5, 5.41) is 3.37. The minimum absolute atomic E-state index is 0.0557. The lowest BCUT2D eigenvalue weighted by atomic mass is 10.1. The molecule has 1 amide bonds. The van der Waals surface area contributed by atoms with Crippen LogP contribution in [0, 0.1) is 0 Å². The second kappa shape index (κ2) is 4.77. The van der Waals surface area contributed by atoms with Gasteiger partial charge in [0, 0.05) is 44.3 Å². The number of benzene rings is 1. The smallest absolute Gasteiger partial charge is 0.245 e. The van der Waals surface area contributed by atoms with Crippen LogP contribution in [-0.2, 0) is 11.2 Å². The first-order valence-corrected chi connectivity index (χ1v) is 7.68. The molecular weight excluding hydrogens is 250 g/mol. The first kappa shape index (κ1) is 12.2. The molecule has 1 aromatic rings. The number of nitrogens with zero attached hydrogens (tertiary/aromatic N) is 2. The number of piperazine rings is 1. The molecule has 3 aliphatic rings. The van der Waals surface area contributed by atoms with Gasteiger partial charge in [-0.3, -0.25) is 9.69 Å². The van der Waals surface area contributed by atoms with Gasteiger partial charge in [0.25, 0.3) is 0 Å². The van der Waals surface area contributed by atoms with Gasteiger partial charge in [-0.25, -0.2) is 0 Å². The number of anilines is 1. The molecule has 1 unspecified atom stereocenters. The van der Waals surface area contributed by atoms with Gasteiger partial charge in [0.2, 0.25) is 5.91 Å². The summed E-state index contributed by atoms with van der Waals surface area (Å²) in [5.41, 5.74) is 2.39. The number of carbonyl (C=O) groups is 1. The van der Waals surface area contributed by atoms with Crippen molar-refractivity contribution in [1.82, 2.24) is 9.80 Å². The molecule has 2 heterocycles. The SMILES string of the molecule is O=C(C1Cc2ccccc2N1)N1CCN(C2CC2)CC1. The Morgan fingerprint density at radius 1 is 1.10 bits per heavy atom. The Morgan fingerprint density at radius 3 is 2.55 bits per heavy atom. The molecule has 106 valence electrons. The molecule has 1 saturated heterocycles. The van der Waals surface area contributed by atoms with Gasteiger partial charge in [0.05, 0.1) is 0 Å². The van der Waals surface area contributed by atoms with Gasteiger partial charge in [0.15, 0.2) is 0 Å². The van der Waals surface area contributed by atoms with Crippen LogP contribution in [0.15, 0.2) is 24.3 Å². The van der Waals surface area contributed by atoms with Crippen molar-refractivity contribution in [3.05, 3.63) is 29.8 Å². The van der Waals surface area contributed by atoms with Crippen LogP contribution in [-0.4, -0.2) is 54.0 Å². The van der Waals surface area contributed by atoms with Crippen LogP contribution in [0.2, 0.25) is 0 Å². The molecule has 0 aromatic heterocycles. The highest BCUT2D eigenvalue weighted by Crippen LogP contribution is 2.29. The van der Waals surface area contributed by atoms with E-state index in [2.05, 4.69) is 22.3 Å². The molecule has 0 bridgehead atoms. The standard InChI is InChI=1S/C16H21N3O/c20-16(15-11-12-3-1-2-4-14(12)17-15)19-9-7-18(8-10-19)13-5-6-13/h1-4,13,15,17H,5-11H2. The second-order valence-electron chi connectivity index (χ2n) is 6.15. The topological polar surface area (TPSA) is 35.6 Å².